The average molecular weight is 726 g/mol. The highest BCUT2D eigenvalue weighted by Crippen LogP contribution is 2.26. The Morgan fingerprint density at radius 1 is 0.981 bits per heavy atom. The number of nitrogens with zero attached hydrogens (tertiary/aromatic N) is 6. The molecule has 0 aliphatic carbocycles. The van der Waals surface area contributed by atoms with Crippen molar-refractivity contribution < 1.29 is 29.1 Å². The zero-order valence-corrected chi connectivity index (χ0v) is 29.1. The van der Waals surface area contributed by atoms with Crippen LogP contribution in [0.1, 0.15) is 42.7 Å². The first-order valence-corrected chi connectivity index (χ1v) is 17.0. The van der Waals surface area contributed by atoms with E-state index in [-0.39, 0.29) is 48.5 Å². The molecule has 0 unspecified atom stereocenters. The molecular weight excluding hydrogens is 690 g/mol. The van der Waals surface area contributed by atoms with E-state index in [1.807, 2.05) is 24.3 Å². The number of nitrogens with one attached hydrogen (secondary N) is 3. The van der Waals surface area contributed by atoms with Crippen molar-refractivity contribution in [3.63, 3.8) is 0 Å². The molecule has 3 amide bonds. The van der Waals surface area contributed by atoms with E-state index in [2.05, 4.69) is 49.9 Å². The Kier molecular flexibility index (Phi) is 10.7. The number of carboxylic acid groups (broad SMARTS) is 1. The van der Waals surface area contributed by atoms with Gasteiger partial charge in [-0.05, 0) is 97.3 Å². The Labute approximate surface area is 302 Å². The van der Waals surface area contributed by atoms with Crippen molar-refractivity contribution in [1.29, 1.82) is 0 Å². The lowest BCUT2D eigenvalue weighted by atomic mass is 9.92. The fourth-order valence-corrected chi connectivity index (χ4v) is 6.26. The van der Waals surface area contributed by atoms with E-state index < -0.39 is 23.6 Å². The molecule has 0 saturated carbocycles. The summed E-state index contributed by atoms with van der Waals surface area (Å²) in [4.78, 5) is 71.0. The molecule has 15 nitrogen and oxygen atoms in total. The molecular formula is C36H36ClN9O6. The van der Waals surface area contributed by atoms with Gasteiger partial charge >= 0.3 is 5.97 Å². The number of carbonyl (C=O) groups is 5. The summed E-state index contributed by atoms with van der Waals surface area (Å²) in [7, 11) is 0. The van der Waals surface area contributed by atoms with Gasteiger partial charge in [-0.3, -0.25) is 24.1 Å². The number of amides is 3. The highest BCUT2D eigenvalue weighted by Gasteiger charge is 2.27. The number of carboxylic acids is 1. The number of H-pyrrole nitrogens is 1. The number of halogens is 1. The number of fused-ring (bicyclic) bond motifs is 1. The molecule has 0 bridgehead atoms. The summed E-state index contributed by atoms with van der Waals surface area (Å²) in [6, 6.07) is 18.8. The number of aromatic nitrogens is 5. The molecule has 1 saturated heterocycles. The molecule has 1 atom stereocenters. The summed E-state index contributed by atoms with van der Waals surface area (Å²) in [6.07, 6.45) is 1.38. The Bertz CT molecular complexity index is 2130. The topological polar surface area (TPSA) is 196 Å². The van der Waals surface area contributed by atoms with Gasteiger partial charge in [0.25, 0.3) is 5.91 Å². The number of Topliss-reactive ketones (excluding diaryl/α,β-unsaturated/α-hetero) is 1. The van der Waals surface area contributed by atoms with E-state index in [0.717, 1.165) is 17.8 Å². The van der Waals surface area contributed by atoms with Gasteiger partial charge in [-0.1, -0.05) is 23.7 Å². The molecule has 5 aromatic rings. The maximum atomic E-state index is 13.8. The monoisotopic (exact) mass is 725 g/mol. The van der Waals surface area contributed by atoms with E-state index in [9.17, 15) is 29.1 Å². The molecule has 2 aromatic heterocycles. The number of rotatable bonds is 13. The van der Waals surface area contributed by atoms with Gasteiger partial charge in [-0.2, -0.15) is 4.68 Å². The van der Waals surface area contributed by atoms with Crippen LogP contribution in [0.5, 0.6) is 0 Å². The van der Waals surface area contributed by atoms with Gasteiger partial charge in [0.15, 0.2) is 0 Å². The normalized spacial score (nSPS) is 14.1. The van der Waals surface area contributed by atoms with Gasteiger partial charge in [0.1, 0.15) is 12.0 Å². The predicted octanol–water partition coefficient (Wildman–Crippen LogP) is 4.34. The van der Waals surface area contributed by atoms with Crippen molar-refractivity contribution in [3.8, 4) is 5.69 Å². The fraction of sp³-hybridized carbons (Fsp3) is 0.278. The van der Waals surface area contributed by atoms with Crippen LogP contribution in [-0.2, 0) is 25.6 Å². The third-order valence-electron chi connectivity index (χ3n) is 8.98. The second kappa shape index (κ2) is 15.5. The van der Waals surface area contributed by atoms with Crippen LogP contribution in [0.4, 0.5) is 17.1 Å². The number of ketones is 1. The predicted molar refractivity (Wildman–Crippen MR) is 194 cm³/mol. The Balaban J connectivity index is 1.17. The molecule has 3 heterocycles. The van der Waals surface area contributed by atoms with Gasteiger partial charge in [0.05, 0.1) is 17.9 Å². The number of tetrazole rings is 1. The summed E-state index contributed by atoms with van der Waals surface area (Å²) in [5, 5.41) is 26.8. The fourth-order valence-electron chi connectivity index (χ4n) is 6.09. The number of benzene rings is 3. The van der Waals surface area contributed by atoms with Crippen LogP contribution in [0.25, 0.3) is 16.6 Å². The summed E-state index contributed by atoms with van der Waals surface area (Å²) >= 11 is 6.16. The first-order valence-electron chi connectivity index (χ1n) is 16.6. The number of hydrogen-bond donors (Lipinski definition) is 4. The Hall–Kier alpha value is -5.93. The number of carbonyl (C=O) groups excluding carboxylic acids is 4. The van der Waals surface area contributed by atoms with Crippen molar-refractivity contribution >= 4 is 69.0 Å². The van der Waals surface area contributed by atoms with Crippen LogP contribution in [0.15, 0.2) is 73.1 Å². The van der Waals surface area contributed by atoms with Gasteiger partial charge in [-0.25, -0.2) is 4.79 Å². The maximum absolute atomic E-state index is 13.8. The minimum absolute atomic E-state index is 0.0134. The number of piperazine rings is 1. The van der Waals surface area contributed by atoms with Crippen LogP contribution < -0.4 is 15.5 Å². The number of anilines is 3. The third kappa shape index (κ3) is 8.33. The lowest BCUT2D eigenvalue weighted by molar-refractivity contribution is -0.135. The lowest BCUT2D eigenvalue weighted by Gasteiger charge is -2.36. The molecule has 6 rings (SSSR count). The second-order valence-corrected chi connectivity index (χ2v) is 13.2. The van der Waals surface area contributed by atoms with Crippen LogP contribution in [0.3, 0.4) is 0 Å². The molecule has 0 spiro atoms. The Morgan fingerprint density at radius 2 is 1.77 bits per heavy atom. The van der Waals surface area contributed by atoms with Crippen molar-refractivity contribution in [3.05, 3.63) is 89.3 Å². The molecule has 268 valence electrons. The zero-order valence-electron chi connectivity index (χ0n) is 28.4. The van der Waals surface area contributed by atoms with Crippen molar-refractivity contribution in [2.75, 3.05) is 35.2 Å². The van der Waals surface area contributed by atoms with Gasteiger partial charge < -0.3 is 25.6 Å². The van der Waals surface area contributed by atoms with Gasteiger partial charge in [-0.15, -0.1) is 5.10 Å². The first kappa shape index (κ1) is 35.9. The van der Waals surface area contributed by atoms with Crippen LogP contribution in [0, 0.1) is 5.92 Å². The molecule has 3 aromatic carbocycles. The lowest BCUT2D eigenvalue weighted by Crippen LogP contribution is -2.52. The van der Waals surface area contributed by atoms with Crippen molar-refractivity contribution in [2.24, 2.45) is 5.92 Å². The SMILES string of the molecule is CC(C)N1CCN(c2ccc(C[C@H](CCC(=O)C(=O)Nc3cc(Cl)ccc3-n3cnnn3)C(=O)Nc3ccc4[nH]c(C(=O)O)cc4c3)cc2)C(=O)C1. The summed E-state index contributed by atoms with van der Waals surface area (Å²) in [5.41, 5.74) is 3.22. The molecule has 0 radical (unpaired) electrons. The molecule has 1 fully saturated rings. The minimum Gasteiger partial charge on any atom is -0.477 e. The van der Waals surface area contributed by atoms with Crippen LogP contribution in [-0.4, -0.2) is 90.3 Å². The minimum atomic E-state index is -1.11. The quantitative estimate of drug-likeness (QED) is 0.127. The van der Waals surface area contributed by atoms with E-state index in [1.54, 1.807) is 35.2 Å². The van der Waals surface area contributed by atoms with E-state index in [4.69, 9.17) is 11.6 Å². The maximum Gasteiger partial charge on any atom is 0.352 e. The summed E-state index contributed by atoms with van der Waals surface area (Å²) in [5.74, 6) is -3.86. The van der Waals surface area contributed by atoms with E-state index in [0.29, 0.717) is 40.4 Å². The smallest absolute Gasteiger partial charge is 0.352 e. The molecule has 1 aliphatic heterocycles. The Morgan fingerprint density at radius 3 is 2.46 bits per heavy atom. The molecule has 1 aliphatic rings. The van der Waals surface area contributed by atoms with Gasteiger partial charge in [0.2, 0.25) is 17.6 Å². The van der Waals surface area contributed by atoms with Crippen LogP contribution >= 0.6 is 11.6 Å². The summed E-state index contributed by atoms with van der Waals surface area (Å²) in [6.45, 7) is 5.79. The third-order valence-corrected chi connectivity index (χ3v) is 9.21. The number of aromatic amines is 1. The summed E-state index contributed by atoms with van der Waals surface area (Å²) < 4.78 is 1.32. The highest BCUT2D eigenvalue weighted by molar-refractivity contribution is 6.41. The van der Waals surface area contributed by atoms with Gasteiger partial charge in [0, 0.05) is 58.8 Å². The second-order valence-electron chi connectivity index (χ2n) is 12.8. The largest absolute Gasteiger partial charge is 0.477 e. The average Bonchev–Trinajstić information content (AvgIpc) is 3.81. The van der Waals surface area contributed by atoms with Crippen molar-refractivity contribution in [2.45, 2.75) is 39.2 Å². The molecule has 52 heavy (non-hydrogen) atoms. The van der Waals surface area contributed by atoms with Crippen LogP contribution in [0.2, 0.25) is 5.02 Å². The molecule has 4 N–H and O–H groups in total. The standard InChI is InChI=1S/C36H36ClN9O6/c1-21(2)44-13-14-45(33(48)19-44)27-8-3-22(4-9-27)15-23(34(49)39-26-7-10-28-24(16-26)17-30(40-28)36(51)52)5-12-32(47)35(50)41-29-18-25(37)6-11-31(29)46-20-38-42-43-46/h3-4,6-11,16-18,20-21,23,40H,5,12-15,19H2,1-2H3,(H,39,49)(H,41,50)(H,51,52)/t23-/m0/s1. The zero-order chi connectivity index (χ0) is 36.9. The van der Waals surface area contributed by atoms with Crippen molar-refractivity contribution in [1.82, 2.24) is 30.1 Å². The first-order chi connectivity index (χ1) is 24.9. The van der Waals surface area contributed by atoms with E-state index in [1.165, 1.54) is 23.1 Å². The molecule has 16 heteroatoms. The van der Waals surface area contributed by atoms with E-state index >= 15 is 0 Å². The number of aromatic carboxylic acids is 1. The highest BCUT2D eigenvalue weighted by atomic mass is 35.5. The number of hydrogen-bond acceptors (Lipinski definition) is 9.